The van der Waals surface area contributed by atoms with E-state index in [-0.39, 0.29) is 12.6 Å². The van der Waals surface area contributed by atoms with Gasteiger partial charge in [0.2, 0.25) is 5.89 Å². The molecule has 0 spiro atoms. The van der Waals surface area contributed by atoms with E-state index in [1.165, 1.54) is 10.5 Å². The third kappa shape index (κ3) is 5.38. The third-order valence-electron chi connectivity index (χ3n) is 3.48. The number of hydrogen-bond donors (Lipinski definition) is 2. The molecule has 2 rings (SSSR count). The van der Waals surface area contributed by atoms with E-state index in [1.807, 2.05) is 31.2 Å². The van der Waals surface area contributed by atoms with Crippen LogP contribution in [0.3, 0.4) is 0 Å². The van der Waals surface area contributed by atoms with Crippen LogP contribution in [0.1, 0.15) is 25.1 Å². The Morgan fingerprint density at radius 3 is 2.62 bits per heavy atom. The fraction of sp³-hybridized carbons (Fsp3) is 0.444. The molecule has 1 heterocycles. The largest absolute Gasteiger partial charge is 0.444 e. The number of nitrogens with zero attached hydrogens (tertiary/aromatic N) is 2. The molecule has 0 aliphatic carbocycles. The molecular formula is C18H25N3O3. The average Bonchev–Trinajstić information content (AvgIpc) is 2.95. The topological polar surface area (TPSA) is 78.6 Å². The van der Waals surface area contributed by atoms with Crippen LogP contribution in [0.5, 0.6) is 0 Å². The molecule has 1 aromatic heterocycles. The zero-order valence-corrected chi connectivity index (χ0v) is 14.7. The molecule has 0 unspecified atom stereocenters. The molecule has 0 bridgehead atoms. The number of aliphatic hydroxyl groups is 1. The predicted molar refractivity (Wildman–Crippen MR) is 92.7 cm³/mol. The fourth-order valence-electron chi connectivity index (χ4n) is 2.34. The average molecular weight is 331 g/mol. The van der Waals surface area contributed by atoms with Crippen LogP contribution in [0.15, 0.2) is 34.9 Å². The van der Waals surface area contributed by atoms with Crippen LogP contribution in [-0.2, 0) is 6.42 Å². The first-order valence-corrected chi connectivity index (χ1v) is 7.97. The van der Waals surface area contributed by atoms with E-state index in [0.29, 0.717) is 18.9 Å². The van der Waals surface area contributed by atoms with Crippen LogP contribution in [0.25, 0.3) is 11.5 Å². The number of benzene rings is 1. The number of aryl methyl sites for hydroxylation is 1. The minimum absolute atomic E-state index is 0.223. The van der Waals surface area contributed by atoms with Crippen molar-refractivity contribution in [2.45, 2.75) is 32.8 Å². The van der Waals surface area contributed by atoms with Gasteiger partial charge in [0.15, 0.2) is 0 Å². The molecule has 0 fully saturated rings. The highest BCUT2D eigenvalue weighted by Gasteiger charge is 2.19. The van der Waals surface area contributed by atoms with Gasteiger partial charge in [-0.3, -0.25) is 0 Å². The highest BCUT2D eigenvalue weighted by Crippen LogP contribution is 2.19. The van der Waals surface area contributed by atoms with E-state index >= 15 is 0 Å². The van der Waals surface area contributed by atoms with Crippen LogP contribution < -0.4 is 5.32 Å². The number of urea groups is 1. The van der Waals surface area contributed by atoms with Crippen molar-refractivity contribution in [3.8, 4) is 11.5 Å². The van der Waals surface area contributed by atoms with Crippen LogP contribution >= 0.6 is 0 Å². The number of rotatable bonds is 6. The van der Waals surface area contributed by atoms with Crippen LogP contribution in [-0.4, -0.2) is 46.8 Å². The lowest BCUT2D eigenvalue weighted by Crippen LogP contribution is -2.45. The molecule has 0 aliphatic rings. The van der Waals surface area contributed by atoms with Gasteiger partial charge in [-0.1, -0.05) is 17.7 Å². The molecule has 2 amide bonds. The van der Waals surface area contributed by atoms with E-state index in [1.54, 1.807) is 27.2 Å². The quantitative estimate of drug-likeness (QED) is 0.853. The molecule has 6 heteroatoms. The second-order valence-corrected chi connectivity index (χ2v) is 6.66. The molecular weight excluding hydrogens is 306 g/mol. The van der Waals surface area contributed by atoms with Gasteiger partial charge in [0.1, 0.15) is 6.26 Å². The molecule has 1 aromatic carbocycles. The third-order valence-corrected chi connectivity index (χ3v) is 3.48. The van der Waals surface area contributed by atoms with Gasteiger partial charge in [0.05, 0.1) is 17.8 Å². The second-order valence-electron chi connectivity index (χ2n) is 6.66. The summed E-state index contributed by atoms with van der Waals surface area (Å²) in [6, 6.07) is 7.74. The number of likely N-dealkylation sites (N-methyl/N-ethyl adjacent to an activating group) is 1. The number of carbonyl (C=O) groups is 1. The van der Waals surface area contributed by atoms with Gasteiger partial charge in [0.25, 0.3) is 0 Å². The fourth-order valence-corrected chi connectivity index (χ4v) is 2.34. The van der Waals surface area contributed by atoms with Gasteiger partial charge in [0, 0.05) is 25.6 Å². The summed E-state index contributed by atoms with van der Waals surface area (Å²) in [7, 11) is 1.65. The summed E-state index contributed by atoms with van der Waals surface area (Å²) in [4.78, 5) is 17.8. The van der Waals surface area contributed by atoms with Gasteiger partial charge in [-0.05, 0) is 32.9 Å². The summed E-state index contributed by atoms with van der Waals surface area (Å²) < 4.78 is 5.49. The van der Waals surface area contributed by atoms with Crippen LogP contribution in [0.2, 0.25) is 0 Å². The summed E-state index contributed by atoms with van der Waals surface area (Å²) in [5, 5.41) is 12.5. The normalized spacial score (nSPS) is 11.4. The molecule has 2 N–H and O–H groups in total. The first-order valence-electron chi connectivity index (χ1n) is 7.97. The lowest BCUT2D eigenvalue weighted by molar-refractivity contribution is 0.0532. The maximum absolute atomic E-state index is 11.9. The van der Waals surface area contributed by atoms with Gasteiger partial charge >= 0.3 is 6.03 Å². The van der Waals surface area contributed by atoms with Gasteiger partial charge in [-0.2, -0.15) is 0 Å². The Morgan fingerprint density at radius 2 is 2.00 bits per heavy atom. The van der Waals surface area contributed by atoms with Crippen molar-refractivity contribution in [1.82, 2.24) is 15.2 Å². The molecule has 24 heavy (non-hydrogen) atoms. The van der Waals surface area contributed by atoms with Gasteiger partial charge < -0.3 is 19.7 Å². The molecule has 0 saturated carbocycles. The molecule has 130 valence electrons. The van der Waals surface area contributed by atoms with E-state index < -0.39 is 5.60 Å². The van der Waals surface area contributed by atoms with Crippen molar-refractivity contribution >= 4 is 6.03 Å². The number of oxazole rings is 1. The SMILES string of the molecule is Cc1ccc(-c2nc(CCNC(=O)N(C)CC(C)(C)O)co2)cc1. The van der Waals surface area contributed by atoms with Crippen molar-refractivity contribution in [1.29, 1.82) is 0 Å². The minimum Gasteiger partial charge on any atom is -0.444 e. The zero-order chi connectivity index (χ0) is 17.7. The Kier molecular flexibility index (Phi) is 5.62. The lowest BCUT2D eigenvalue weighted by atomic mass is 10.1. The van der Waals surface area contributed by atoms with Crippen LogP contribution in [0, 0.1) is 6.92 Å². The zero-order valence-electron chi connectivity index (χ0n) is 14.7. The summed E-state index contributed by atoms with van der Waals surface area (Å²) in [6.07, 6.45) is 2.19. The summed E-state index contributed by atoms with van der Waals surface area (Å²) in [5.74, 6) is 0.579. The Labute approximate surface area is 142 Å². The first kappa shape index (κ1) is 18.0. The Bertz CT molecular complexity index is 672. The van der Waals surface area contributed by atoms with Crippen molar-refractivity contribution in [2.75, 3.05) is 20.1 Å². The monoisotopic (exact) mass is 331 g/mol. The van der Waals surface area contributed by atoms with Crippen molar-refractivity contribution < 1.29 is 14.3 Å². The standard InChI is InChI=1S/C18H25N3O3/c1-13-5-7-14(8-6-13)16-20-15(11-24-16)9-10-19-17(22)21(4)12-18(2,3)23/h5-8,11,23H,9-10,12H2,1-4H3,(H,19,22). The molecule has 0 atom stereocenters. The molecule has 0 radical (unpaired) electrons. The molecule has 0 saturated heterocycles. The molecule has 0 aliphatic heterocycles. The van der Waals surface area contributed by atoms with E-state index in [4.69, 9.17) is 4.42 Å². The summed E-state index contributed by atoms with van der Waals surface area (Å²) in [6.45, 7) is 6.08. The summed E-state index contributed by atoms with van der Waals surface area (Å²) >= 11 is 0. The van der Waals surface area contributed by atoms with E-state index in [0.717, 1.165) is 11.3 Å². The maximum atomic E-state index is 11.9. The first-order chi connectivity index (χ1) is 11.2. The molecule has 2 aromatic rings. The van der Waals surface area contributed by atoms with Crippen molar-refractivity contribution in [3.63, 3.8) is 0 Å². The molecule has 6 nitrogen and oxygen atoms in total. The number of hydrogen-bond acceptors (Lipinski definition) is 4. The second kappa shape index (κ2) is 7.49. The highest BCUT2D eigenvalue weighted by molar-refractivity contribution is 5.73. The minimum atomic E-state index is -0.916. The van der Waals surface area contributed by atoms with Crippen LogP contribution in [0.4, 0.5) is 4.79 Å². The smallest absolute Gasteiger partial charge is 0.317 e. The highest BCUT2D eigenvalue weighted by atomic mass is 16.3. The number of amides is 2. The van der Waals surface area contributed by atoms with Gasteiger partial charge in [-0.25, -0.2) is 9.78 Å². The maximum Gasteiger partial charge on any atom is 0.317 e. The van der Waals surface area contributed by atoms with Crippen molar-refractivity contribution in [3.05, 3.63) is 41.8 Å². The van der Waals surface area contributed by atoms with Gasteiger partial charge in [-0.15, -0.1) is 0 Å². The Morgan fingerprint density at radius 1 is 1.33 bits per heavy atom. The summed E-state index contributed by atoms with van der Waals surface area (Å²) in [5.41, 5.74) is 1.99. The Balaban J connectivity index is 1.83. The van der Waals surface area contributed by atoms with E-state index in [2.05, 4.69) is 10.3 Å². The lowest BCUT2D eigenvalue weighted by Gasteiger charge is -2.25. The van der Waals surface area contributed by atoms with Crippen molar-refractivity contribution in [2.24, 2.45) is 0 Å². The number of carbonyl (C=O) groups excluding carboxylic acids is 1. The number of nitrogens with one attached hydrogen (secondary N) is 1. The predicted octanol–water partition coefficient (Wildman–Crippen LogP) is 2.60. The van der Waals surface area contributed by atoms with E-state index in [9.17, 15) is 9.90 Å². The number of aromatic nitrogens is 1. The Hall–Kier alpha value is -2.34.